The number of aliphatic hydroxyl groups is 1. The number of carbonyl (C=O) groups is 1. The number of thiophene rings is 1. The summed E-state index contributed by atoms with van der Waals surface area (Å²) in [6, 6.07) is 4.34. The molecule has 2 rings (SSSR count). The number of likely N-dealkylation sites (N-methyl/N-ethyl adjacent to an activating group) is 1. The molecular weight excluding hydrogens is 298 g/mol. The van der Waals surface area contributed by atoms with Crippen molar-refractivity contribution >= 4 is 17.2 Å². The van der Waals surface area contributed by atoms with Crippen LogP contribution in [0.3, 0.4) is 0 Å². The zero-order chi connectivity index (χ0) is 15.9. The number of hydrogen-bond donors (Lipinski definition) is 1. The molecule has 1 saturated heterocycles. The van der Waals surface area contributed by atoms with E-state index in [1.807, 2.05) is 18.5 Å². The van der Waals surface area contributed by atoms with E-state index in [2.05, 4.69) is 22.8 Å². The predicted molar refractivity (Wildman–Crippen MR) is 90.0 cm³/mol. The van der Waals surface area contributed by atoms with Crippen LogP contribution in [0.5, 0.6) is 0 Å². The SMILES string of the molecule is CCC(CO)N1CCN(CC(=O)N(C)Cc2cccs2)CC1. The van der Waals surface area contributed by atoms with Crippen LogP contribution in [0, 0.1) is 0 Å². The average molecular weight is 325 g/mol. The molecule has 1 unspecified atom stereocenters. The molecule has 0 bridgehead atoms. The van der Waals surface area contributed by atoms with E-state index in [4.69, 9.17) is 0 Å². The molecule has 0 radical (unpaired) electrons. The van der Waals surface area contributed by atoms with Gasteiger partial charge in [-0.3, -0.25) is 14.6 Å². The highest BCUT2D eigenvalue weighted by Crippen LogP contribution is 2.12. The van der Waals surface area contributed by atoms with Crippen LogP contribution >= 0.6 is 11.3 Å². The Morgan fingerprint density at radius 3 is 2.68 bits per heavy atom. The lowest BCUT2D eigenvalue weighted by atomic mass is 10.1. The molecule has 22 heavy (non-hydrogen) atoms. The summed E-state index contributed by atoms with van der Waals surface area (Å²) in [4.78, 5) is 19.9. The lowest BCUT2D eigenvalue weighted by Gasteiger charge is -2.38. The monoisotopic (exact) mass is 325 g/mol. The molecule has 0 saturated carbocycles. The van der Waals surface area contributed by atoms with Crippen LogP contribution in [0.2, 0.25) is 0 Å². The Labute approximate surface area is 137 Å². The number of hydrogen-bond acceptors (Lipinski definition) is 5. The highest BCUT2D eigenvalue weighted by molar-refractivity contribution is 7.09. The van der Waals surface area contributed by atoms with Gasteiger partial charge in [0.25, 0.3) is 0 Å². The van der Waals surface area contributed by atoms with Gasteiger partial charge < -0.3 is 10.0 Å². The Hall–Kier alpha value is -0.950. The van der Waals surface area contributed by atoms with Crippen LogP contribution < -0.4 is 0 Å². The molecule has 1 aliphatic heterocycles. The van der Waals surface area contributed by atoms with Gasteiger partial charge in [0.1, 0.15) is 0 Å². The first-order valence-electron chi connectivity index (χ1n) is 7.97. The zero-order valence-corrected chi connectivity index (χ0v) is 14.4. The number of aliphatic hydroxyl groups excluding tert-OH is 1. The summed E-state index contributed by atoms with van der Waals surface area (Å²) in [5.74, 6) is 0.177. The fraction of sp³-hybridized carbons (Fsp3) is 0.688. The third-order valence-electron chi connectivity index (χ3n) is 4.36. The van der Waals surface area contributed by atoms with Crippen molar-refractivity contribution in [2.75, 3.05) is 46.4 Å². The quantitative estimate of drug-likeness (QED) is 0.815. The van der Waals surface area contributed by atoms with Gasteiger partial charge in [-0.2, -0.15) is 0 Å². The molecule has 5 nitrogen and oxygen atoms in total. The van der Waals surface area contributed by atoms with Gasteiger partial charge in [0.2, 0.25) is 5.91 Å². The van der Waals surface area contributed by atoms with E-state index in [0.717, 1.165) is 32.6 Å². The van der Waals surface area contributed by atoms with Crippen LogP contribution in [0.4, 0.5) is 0 Å². The van der Waals surface area contributed by atoms with Crippen molar-refractivity contribution in [1.82, 2.24) is 14.7 Å². The maximum Gasteiger partial charge on any atom is 0.236 e. The van der Waals surface area contributed by atoms with Crippen molar-refractivity contribution in [3.8, 4) is 0 Å². The molecule has 6 heteroatoms. The molecule has 0 aliphatic carbocycles. The van der Waals surface area contributed by atoms with Gasteiger partial charge >= 0.3 is 0 Å². The summed E-state index contributed by atoms with van der Waals surface area (Å²) < 4.78 is 0. The fourth-order valence-corrected chi connectivity index (χ4v) is 3.58. The molecular formula is C16H27N3O2S. The summed E-state index contributed by atoms with van der Waals surface area (Å²) >= 11 is 1.69. The summed E-state index contributed by atoms with van der Waals surface area (Å²) in [5, 5.41) is 11.4. The first-order valence-corrected chi connectivity index (χ1v) is 8.85. The van der Waals surface area contributed by atoms with Gasteiger partial charge in [-0.25, -0.2) is 0 Å². The molecule has 0 spiro atoms. The van der Waals surface area contributed by atoms with Gasteiger partial charge in [-0.1, -0.05) is 13.0 Å². The largest absolute Gasteiger partial charge is 0.395 e. The van der Waals surface area contributed by atoms with Gasteiger partial charge in [-0.15, -0.1) is 11.3 Å². The van der Waals surface area contributed by atoms with Gasteiger partial charge in [0.15, 0.2) is 0 Å². The van der Waals surface area contributed by atoms with Crippen molar-refractivity contribution in [1.29, 1.82) is 0 Å². The standard InChI is InChI=1S/C16H27N3O2S/c1-3-14(13-20)19-8-6-18(7-9-19)12-16(21)17(2)11-15-5-4-10-22-15/h4-5,10,14,20H,3,6-9,11-13H2,1-2H3. The van der Waals surface area contributed by atoms with Crippen LogP contribution in [0.15, 0.2) is 17.5 Å². The van der Waals surface area contributed by atoms with Crippen molar-refractivity contribution in [2.45, 2.75) is 25.9 Å². The second kappa shape index (κ2) is 8.62. The van der Waals surface area contributed by atoms with E-state index in [-0.39, 0.29) is 18.6 Å². The van der Waals surface area contributed by atoms with E-state index in [9.17, 15) is 9.90 Å². The number of nitrogens with zero attached hydrogens (tertiary/aromatic N) is 3. The third kappa shape index (κ3) is 4.78. The lowest BCUT2D eigenvalue weighted by Crippen LogP contribution is -2.53. The minimum Gasteiger partial charge on any atom is -0.395 e. The highest BCUT2D eigenvalue weighted by atomic mass is 32.1. The Kier molecular flexibility index (Phi) is 6.82. The van der Waals surface area contributed by atoms with Crippen molar-refractivity contribution < 1.29 is 9.90 Å². The van der Waals surface area contributed by atoms with E-state index in [0.29, 0.717) is 13.1 Å². The lowest BCUT2D eigenvalue weighted by molar-refractivity contribution is -0.132. The van der Waals surface area contributed by atoms with E-state index in [1.54, 1.807) is 16.2 Å². The topological polar surface area (TPSA) is 47.0 Å². The summed E-state index contributed by atoms with van der Waals surface area (Å²) in [5.41, 5.74) is 0. The van der Waals surface area contributed by atoms with Gasteiger partial charge in [0, 0.05) is 44.1 Å². The fourth-order valence-electron chi connectivity index (χ4n) is 2.83. The van der Waals surface area contributed by atoms with Crippen molar-refractivity contribution in [2.24, 2.45) is 0 Å². The molecule has 124 valence electrons. The van der Waals surface area contributed by atoms with Crippen LogP contribution in [0.25, 0.3) is 0 Å². The second-order valence-electron chi connectivity index (χ2n) is 5.89. The predicted octanol–water partition coefficient (Wildman–Crippen LogP) is 1.10. The van der Waals surface area contributed by atoms with E-state index >= 15 is 0 Å². The van der Waals surface area contributed by atoms with Crippen LogP contribution in [0.1, 0.15) is 18.2 Å². The van der Waals surface area contributed by atoms with Gasteiger partial charge in [0.05, 0.1) is 19.7 Å². The maximum atomic E-state index is 12.3. The molecule has 1 atom stereocenters. The molecule has 0 aromatic carbocycles. The first-order chi connectivity index (χ1) is 10.6. The molecule has 2 heterocycles. The Morgan fingerprint density at radius 1 is 1.41 bits per heavy atom. The molecule has 1 aromatic heterocycles. The normalized spacial score (nSPS) is 18.3. The maximum absolute atomic E-state index is 12.3. The smallest absolute Gasteiger partial charge is 0.236 e. The Bertz CT molecular complexity index is 440. The van der Waals surface area contributed by atoms with Gasteiger partial charge in [-0.05, 0) is 17.9 Å². The summed E-state index contributed by atoms with van der Waals surface area (Å²) in [7, 11) is 1.87. The highest BCUT2D eigenvalue weighted by Gasteiger charge is 2.24. The second-order valence-corrected chi connectivity index (χ2v) is 6.92. The molecule has 1 fully saturated rings. The van der Waals surface area contributed by atoms with Crippen molar-refractivity contribution in [3.05, 3.63) is 22.4 Å². The molecule has 1 amide bonds. The van der Waals surface area contributed by atoms with Crippen LogP contribution in [-0.2, 0) is 11.3 Å². The average Bonchev–Trinajstić information content (AvgIpc) is 3.03. The molecule has 1 N–H and O–H groups in total. The number of amides is 1. The van der Waals surface area contributed by atoms with E-state index < -0.39 is 0 Å². The van der Waals surface area contributed by atoms with Crippen LogP contribution in [-0.4, -0.2) is 78.1 Å². The minimum atomic E-state index is 0.177. The summed E-state index contributed by atoms with van der Waals surface area (Å²) in [6.45, 7) is 7.17. The molecule has 1 aliphatic rings. The van der Waals surface area contributed by atoms with E-state index in [1.165, 1.54) is 4.88 Å². The number of carbonyl (C=O) groups excluding carboxylic acids is 1. The third-order valence-corrected chi connectivity index (χ3v) is 5.22. The minimum absolute atomic E-state index is 0.177. The Morgan fingerprint density at radius 2 is 2.14 bits per heavy atom. The summed E-state index contributed by atoms with van der Waals surface area (Å²) in [6.07, 6.45) is 0.971. The Balaban J connectivity index is 1.74. The first kappa shape index (κ1) is 17.4. The zero-order valence-electron chi connectivity index (χ0n) is 13.6. The number of rotatable bonds is 7. The van der Waals surface area contributed by atoms with Crippen molar-refractivity contribution in [3.63, 3.8) is 0 Å². The molecule has 1 aromatic rings. The number of piperazine rings is 1.